The molecule has 0 aliphatic rings. The maximum Gasteiger partial charge on any atom is 0.242 e. The van der Waals surface area contributed by atoms with Crippen LogP contribution in [0.5, 0.6) is 0 Å². The van der Waals surface area contributed by atoms with E-state index in [1.54, 1.807) is 23.3 Å². The zero-order chi connectivity index (χ0) is 7.61. The third-order valence-electron chi connectivity index (χ3n) is 0.986. The van der Waals surface area contributed by atoms with E-state index in [9.17, 15) is 8.42 Å². The molecular weight excluding hydrogens is 152 g/mol. The highest BCUT2D eigenvalue weighted by Crippen LogP contribution is 1.80. The number of rotatable bonds is 2. The molecule has 0 saturated heterocycles. The molecule has 0 bridgehead atoms. The molecule has 4 nitrogen and oxygen atoms in total. The minimum absolute atomic E-state index is 0.0382. The van der Waals surface area contributed by atoms with E-state index in [0.29, 0.717) is 0 Å². The Bertz CT molecular complexity index is 287. The maximum absolute atomic E-state index is 10.7. The van der Waals surface area contributed by atoms with Gasteiger partial charge in [0.05, 0.1) is 0 Å². The lowest BCUT2D eigenvalue weighted by Crippen LogP contribution is -2.34. The third kappa shape index (κ3) is 2.18. The Hall–Kier alpha value is -0.840. The van der Waals surface area contributed by atoms with Crippen molar-refractivity contribution in [2.75, 3.05) is 6.26 Å². The molecule has 0 saturated carbocycles. The number of nitrogens with zero attached hydrogens (tertiary/aromatic N) is 1. The Morgan fingerprint density at radius 2 is 2.30 bits per heavy atom. The second-order valence-corrected chi connectivity index (χ2v) is 4.29. The van der Waals surface area contributed by atoms with Crippen molar-refractivity contribution in [3.05, 3.63) is 18.7 Å². The normalized spacial score (nSPS) is 11.7. The minimum Gasteiger partial charge on any atom is -0.250 e. The molecule has 1 aromatic heterocycles. The highest BCUT2D eigenvalue weighted by molar-refractivity contribution is 7.89. The van der Waals surface area contributed by atoms with Gasteiger partial charge in [-0.15, -0.1) is 0 Å². The number of imidazole rings is 1. The number of H-pyrrole nitrogens is 1. The Balaban J connectivity index is 2.75. The SMILES string of the molecule is CS(=O)(=O)C[n+]1cc[nH]c1. The van der Waals surface area contributed by atoms with E-state index >= 15 is 0 Å². The minimum atomic E-state index is -2.90. The van der Waals surface area contributed by atoms with Gasteiger partial charge in [-0.25, -0.2) is 13.0 Å². The summed E-state index contributed by atoms with van der Waals surface area (Å²) in [6.45, 7) is 0. The van der Waals surface area contributed by atoms with Gasteiger partial charge < -0.3 is 0 Å². The average molecular weight is 161 g/mol. The molecule has 1 rings (SSSR count). The van der Waals surface area contributed by atoms with Crippen LogP contribution in [0.4, 0.5) is 0 Å². The number of hydrogen-bond acceptors (Lipinski definition) is 2. The number of nitrogens with one attached hydrogen (secondary N) is 1. The smallest absolute Gasteiger partial charge is 0.242 e. The van der Waals surface area contributed by atoms with E-state index in [1.165, 1.54) is 6.26 Å². The lowest BCUT2D eigenvalue weighted by atomic mass is 10.9. The van der Waals surface area contributed by atoms with Crippen LogP contribution >= 0.6 is 0 Å². The fourth-order valence-electron chi connectivity index (χ4n) is 0.672. The van der Waals surface area contributed by atoms with Crippen molar-refractivity contribution in [3.63, 3.8) is 0 Å². The molecular formula is C5H9N2O2S+. The second kappa shape index (κ2) is 2.42. The van der Waals surface area contributed by atoms with E-state index in [1.807, 2.05) is 0 Å². The number of aromatic nitrogens is 2. The highest BCUT2D eigenvalue weighted by atomic mass is 32.2. The zero-order valence-electron chi connectivity index (χ0n) is 5.61. The molecule has 56 valence electrons. The molecule has 1 N–H and O–H groups in total. The maximum atomic E-state index is 10.7. The van der Waals surface area contributed by atoms with Gasteiger partial charge >= 0.3 is 0 Å². The first-order valence-corrected chi connectivity index (χ1v) is 4.83. The van der Waals surface area contributed by atoms with Gasteiger partial charge in [0.25, 0.3) is 0 Å². The Morgan fingerprint density at radius 3 is 2.70 bits per heavy atom. The first-order valence-electron chi connectivity index (χ1n) is 2.77. The van der Waals surface area contributed by atoms with Crippen molar-refractivity contribution in [3.8, 4) is 0 Å². The second-order valence-electron chi connectivity index (χ2n) is 2.18. The summed E-state index contributed by atoms with van der Waals surface area (Å²) < 4.78 is 22.9. The molecule has 1 heterocycles. The summed E-state index contributed by atoms with van der Waals surface area (Å²) in [4.78, 5) is 2.75. The topological polar surface area (TPSA) is 53.8 Å². The standard InChI is InChI=1S/C5H8N2O2S/c1-10(8,9)5-7-3-2-6-4-7/h2-4H,5H2,1H3/p+1. The largest absolute Gasteiger partial charge is 0.250 e. The van der Waals surface area contributed by atoms with E-state index < -0.39 is 9.84 Å². The van der Waals surface area contributed by atoms with Gasteiger partial charge in [-0.3, -0.25) is 4.98 Å². The zero-order valence-corrected chi connectivity index (χ0v) is 6.43. The van der Waals surface area contributed by atoms with Crippen LogP contribution in [0.3, 0.4) is 0 Å². The Labute approximate surface area is 59.4 Å². The molecule has 0 atom stereocenters. The van der Waals surface area contributed by atoms with Gasteiger partial charge in [-0.05, 0) is 0 Å². The summed E-state index contributed by atoms with van der Waals surface area (Å²) in [6.07, 6.45) is 6.14. The molecule has 1 aromatic rings. The van der Waals surface area contributed by atoms with Crippen LogP contribution in [0, 0.1) is 0 Å². The molecule has 0 aromatic carbocycles. The fourth-order valence-corrected chi connectivity index (χ4v) is 1.37. The number of aromatic amines is 1. The molecule has 5 heteroatoms. The van der Waals surface area contributed by atoms with Crippen LogP contribution in [0.15, 0.2) is 18.7 Å². The predicted octanol–water partition coefficient (Wildman–Crippen LogP) is -0.696. The fraction of sp³-hybridized carbons (Fsp3) is 0.400. The molecule has 0 aliphatic heterocycles. The van der Waals surface area contributed by atoms with E-state index in [2.05, 4.69) is 4.98 Å². The molecule has 0 spiro atoms. The molecule has 10 heavy (non-hydrogen) atoms. The molecule has 0 unspecified atom stereocenters. The van der Waals surface area contributed by atoms with Crippen LogP contribution in [0.2, 0.25) is 0 Å². The van der Waals surface area contributed by atoms with E-state index in [0.717, 1.165) is 0 Å². The third-order valence-corrected chi connectivity index (χ3v) is 1.75. The van der Waals surface area contributed by atoms with Crippen molar-refractivity contribution in [2.24, 2.45) is 0 Å². The molecule has 0 radical (unpaired) electrons. The molecule has 0 fully saturated rings. The lowest BCUT2D eigenvalue weighted by molar-refractivity contribution is -0.675. The van der Waals surface area contributed by atoms with Crippen LogP contribution in [-0.4, -0.2) is 19.7 Å². The lowest BCUT2D eigenvalue weighted by Gasteiger charge is -1.90. The Kier molecular flexibility index (Phi) is 1.76. The quantitative estimate of drug-likeness (QED) is 0.583. The summed E-state index contributed by atoms with van der Waals surface area (Å²) in [5, 5.41) is 0. The van der Waals surface area contributed by atoms with Crippen molar-refractivity contribution in [1.29, 1.82) is 0 Å². The number of sulfone groups is 1. The molecule has 0 aliphatic carbocycles. The van der Waals surface area contributed by atoms with Crippen molar-refractivity contribution >= 4 is 9.84 Å². The first kappa shape index (κ1) is 7.27. The van der Waals surface area contributed by atoms with Gasteiger partial charge in [0.1, 0.15) is 12.4 Å². The summed E-state index contributed by atoms with van der Waals surface area (Å²) >= 11 is 0. The monoisotopic (exact) mass is 161 g/mol. The van der Waals surface area contributed by atoms with Gasteiger partial charge in [0.15, 0.2) is 15.7 Å². The van der Waals surface area contributed by atoms with E-state index in [4.69, 9.17) is 0 Å². The van der Waals surface area contributed by atoms with Crippen molar-refractivity contribution < 1.29 is 13.0 Å². The summed E-state index contributed by atoms with van der Waals surface area (Å²) in [5.74, 6) is 0.0382. The van der Waals surface area contributed by atoms with Crippen molar-refractivity contribution in [1.82, 2.24) is 4.98 Å². The van der Waals surface area contributed by atoms with Gasteiger partial charge in [0.2, 0.25) is 6.33 Å². The predicted molar refractivity (Wildman–Crippen MR) is 35.8 cm³/mol. The van der Waals surface area contributed by atoms with Gasteiger partial charge in [-0.2, -0.15) is 0 Å². The summed E-state index contributed by atoms with van der Waals surface area (Å²) in [6, 6.07) is 0. The van der Waals surface area contributed by atoms with Crippen LogP contribution in [0.1, 0.15) is 0 Å². The van der Waals surface area contributed by atoms with Crippen LogP contribution < -0.4 is 4.57 Å². The van der Waals surface area contributed by atoms with Crippen LogP contribution in [0.25, 0.3) is 0 Å². The number of hydrogen-bond donors (Lipinski definition) is 1. The van der Waals surface area contributed by atoms with Crippen molar-refractivity contribution in [2.45, 2.75) is 5.88 Å². The molecule has 0 amide bonds. The van der Waals surface area contributed by atoms with E-state index in [-0.39, 0.29) is 5.88 Å². The Morgan fingerprint density at radius 1 is 1.60 bits per heavy atom. The summed E-state index contributed by atoms with van der Waals surface area (Å²) in [7, 11) is -2.90. The van der Waals surface area contributed by atoms with Crippen LogP contribution in [-0.2, 0) is 15.7 Å². The first-order chi connectivity index (χ1) is 4.58. The van der Waals surface area contributed by atoms with Gasteiger partial charge in [-0.1, -0.05) is 0 Å². The summed E-state index contributed by atoms with van der Waals surface area (Å²) in [5.41, 5.74) is 0. The highest BCUT2D eigenvalue weighted by Gasteiger charge is 2.06. The van der Waals surface area contributed by atoms with Gasteiger partial charge in [0, 0.05) is 6.26 Å². The average Bonchev–Trinajstić information content (AvgIpc) is 2.12.